The second kappa shape index (κ2) is 4.45. The van der Waals surface area contributed by atoms with Gasteiger partial charge >= 0.3 is 0 Å². The number of nitrogens with zero attached hydrogens (tertiary/aromatic N) is 1. The SMILES string of the molecule is CC(C)c1cnc(C(F)F)c(S(C)(=O)=O)c1. The molecule has 0 saturated carbocycles. The Morgan fingerprint density at radius 1 is 1.31 bits per heavy atom. The first-order chi connectivity index (χ1) is 7.23. The summed E-state index contributed by atoms with van der Waals surface area (Å²) in [5.74, 6) is 0.0414. The van der Waals surface area contributed by atoms with Gasteiger partial charge in [-0.2, -0.15) is 0 Å². The molecule has 0 fully saturated rings. The third kappa shape index (κ3) is 2.75. The molecule has 0 saturated heterocycles. The number of hydrogen-bond acceptors (Lipinski definition) is 3. The topological polar surface area (TPSA) is 47.0 Å². The lowest BCUT2D eigenvalue weighted by Gasteiger charge is -2.10. The third-order valence-electron chi connectivity index (χ3n) is 2.18. The highest BCUT2D eigenvalue weighted by molar-refractivity contribution is 7.90. The van der Waals surface area contributed by atoms with Gasteiger partial charge in [-0.3, -0.25) is 4.98 Å². The average Bonchev–Trinajstić information content (AvgIpc) is 2.15. The fraction of sp³-hybridized carbons (Fsp3) is 0.500. The maximum atomic E-state index is 12.6. The Morgan fingerprint density at radius 3 is 2.25 bits per heavy atom. The fourth-order valence-corrected chi connectivity index (χ4v) is 2.12. The zero-order chi connectivity index (χ0) is 12.5. The zero-order valence-electron chi connectivity index (χ0n) is 9.24. The minimum Gasteiger partial charge on any atom is -0.254 e. The second-order valence-electron chi connectivity index (χ2n) is 3.88. The smallest absolute Gasteiger partial charge is 0.254 e. The van der Waals surface area contributed by atoms with Crippen LogP contribution in [0.25, 0.3) is 0 Å². The number of alkyl halides is 2. The van der Waals surface area contributed by atoms with Crippen molar-refractivity contribution in [3.8, 4) is 0 Å². The molecule has 0 bridgehead atoms. The molecule has 0 spiro atoms. The summed E-state index contributed by atoms with van der Waals surface area (Å²) in [6.45, 7) is 3.68. The van der Waals surface area contributed by atoms with Crippen LogP contribution in [0.1, 0.15) is 37.4 Å². The summed E-state index contributed by atoms with van der Waals surface area (Å²) in [6, 6.07) is 1.27. The van der Waals surface area contributed by atoms with Crippen molar-refractivity contribution in [3.05, 3.63) is 23.5 Å². The molecule has 0 amide bonds. The molecular formula is C10H13F2NO2S. The van der Waals surface area contributed by atoms with Crippen molar-refractivity contribution in [1.82, 2.24) is 4.98 Å². The van der Waals surface area contributed by atoms with E-state index < -0.39 is 22.0 Å². The van der Waals surface area contributed by atoms with Gasteiger partial charge in [0.1, 0.15) is 5.69 Å². The Morgan fingerprint density at radius 2 is 1.88 bits per heavy atom. The van der Waals surface area contributed by atoms with E-state index in [1.807, 2.05) is 13.8 Å². The van der Waals surface area contributed by atoms with Crippen LogP contribution in [0.2, 0.25) is 0 Å². The molecular weight excluding hydrogens is 236 g/mol. The minimum absolute atomic E-state index is 0.0414. The monoisotopic (exact) mass is 249 g/mol. The van der Waals surface area contributed by atoms with Crippen molar-refractivity contribution >= 4 is 9.84 Å². The normalized spacial score (nSPS) is 12.4. The van der Waals surface area contributed by atoms with Gasteiger partial charge in [-0.25, -0.2) is 17.2 Å². The van der Waals surface area contributed by atoms with Crippen LogP contribution in [0.15, 0.2) is 17.2 Å². The van der Waals surface area contributed by atoms with Gasteiger partial charge in [0.15, 0.2) is 9.84 Å². The molecule has 3 nitrogen and oxygen atoms in total. The molecule has 16 heavy (non-hydrogen) atoms. The number of halogens is 2. The van der Waals surface area contributed by atoms with E-state index in [1.165, 1.54) is 12.3 Å². The Labute approximate surface area is 93.4 Å². The third-order valence-corrected chi connectivity index (χ3v) is 3.30. The standard InChI is InChI=1S/C10H13F2NO2S/c1-6(2)7-4-8(16(3,14)15)9(10(11)12)13-5-7/h4-6,10H,1-3H3. The van der Waals surface area contributed by atoms with Gasteiger partial charge in [-0.05, 0) is 17.5 Å². The van der Waals surface area contributed by atoms with Crippen molar-refractivity contribution in [2.45, 2.75) is 31.1 Å². The number of hydrogen-bond donors (Lipinski definition) is 0. The minimum atomic E-state index is -3.68. The van der Waals surface area contributed by atoms with Crippen LogP contribution in [0.5, 0.6) is 0 Å². The van der Waals surface area contributed by atoms with E-state index in [0.29, 0.717) is 5.56 Å². The average molecular weight is 249 g/mol. The molecule has 1 aromatic heterocycles. The van der Waals surface area contributed by atoms with Crippen molar-refractivity contribution in [2.75, 3.05) is 6.26 Å². The Hall–Kier alpha value is -1.04. The highest BCUT2D eigenvalue weighted by Crippen LogP contribution is 2.27. The van der Waals surface area contributed by atoms with E-state index in [2.05, 4.69) is 4.98 Å². The molecule has 6 heteroatoms. The lowest BCUT2D eigenvalue weighted by Crippen LogP contribution is -2.07. The quantitative estimate of drug-likeness (QED) is 0.827. The first-order valence-corrected chi connectivity index (χ1v) is 6.60. The van der Waals surface area contributed by atoms with E-state index in [9.17, 15) is 17.2 Å². The maximum absolute atomic E-state index is 12.6. The van der Waals surface area contributed by atoms with Gasteiger partial charge in [0.25, 0.3) is 6.43 Å². The number of sulfone groups is 1. The van der Waals surface area contributed by atoms with Crippen molar-refractivity contribution in [3.63, 3.8) is 0 Å². The predicted octanol–water partition coefficient (Wildman–Crippen LogP) is 2.55. The fourth-order valence-electron chi connectivity index (χ4n) is 1.25. The van der Waals surface area contributed by atoms with Crippen LogP contribution in [-0.4, -0.2) is 19.7 Å². The summed E-state index contributed by atoms with van der Waals surface area (Å²) in [5, 5.41) is 0. The van der Waals surface area contributed by atoms with Crippen molar-refractivity contribution in [2.24, 2.45) is 0 Å². The van der Waals surface area contributed by atoms with Gasteiger partial charge in [0, 0.05) is 12.5 Å². The number of pyridine rings is 1. The summed E-state index contributed by atoms with van der Waals surface area (Å²) < 4.78 is 47.8. The summed E-state index contributed by atoms with van der Waals surface area (Å²) in [6.07, 6.45) is -0.688. The predicted molar refractivity (Wildman–Crippen MR) is 56.4 cm³/mol. The molecule has 0 atom stereocenters. The van der Waals surface area contributed by atoms with E-state index in [4.69, 9.17) is 0 Å². The molecule has 90 valence electrons. The highest BCUT2D eigenvalue weighted by atomic mass is 32.2. The van der Waals surface area contributed by atoms with Gasteiger partial charge in [-0.1, -0.05) is 13.8 Å². The molecule has 0 radical (unpaired) electrons. The Bertz CT molecular complexity index is 484. The van der Waals surface area contributed by atoms with Gasteiger partial charge in [0.2, 0.25) is 0 Å². The van der Waals surface area contributed by atoms with Gasteiger partial charge in [-0.15, -0.1) is 0 Å². The molecule has 0 aliphatic heterocycles. The number of aromatic nitrogens is 1. The van der Waals surface area contributed by atoms with Crippen LogP contribution >= 0.6 is 0 Å². The van der Waals surface area contributed by atoms with Crippen LogP contribution < -0.4 is 0 Å². The summed E-state index contributed by atoms with van der Waals surface area (Å²) in [5.41, 5.74) is -0.0447. The number of rotatable bonds is 3. The van der Waals surface area contributed by atoms with E-state index in [0.717, 1.165) is 6.26 Å². The van der Waals surface area contributed by atoms with Gasteiger partial charge < -0.3 is 0 Å². The van der Waals surface area contributed by atoms with Crippen molar-refractivity contribution < 1.29 is 17.2 Å². The molecule has 0 aliphatic rings. The van der Waals surface area contributed by atoms with Gasteiger partial charge in [0.05, 0.1) is 4.90 Å². The lowest BCUT2D eigenvalue weighted by atomic mass is 10.1. The van der Waals surface area contributed by atoms with E-state index in [1.54, 1.807) is 0 Å². The molecule has 0 unspecified atom stereocenters. The van der Waals surface area contributed by atoms with Crippen LogP contribution in [0.4, 0.5) is 8.78 Å². The second-order valence-corrected chi connectivity index (χ2v) is 5.86. The Balaban J connectivity index is 3.45. The molecule has 0 aliphatic carbocycles. The summed E-state index contributed by atoms with van der Waals surface area (Å²) >= 11 is 0. The van der Waals surface area contributed by atoms with Crippen LogP contribution in [0, 0.1) is 0 Å². The first-order valence-electron chi connectivity index (χ1n) is 4.71. The first kappa shape index (κ1) is 13.0. The van der Waals surface area contributed by atoms with E-state index in [-0.39, 0.29) is 10.8 Å². The molecule has 0 aromatic carbocycles. The lowest BCUT2D eigenvalue weighted by molar-refractivity contribution is 0.142. The summed E-state index contributed by atoms with van der Waals surface area (Å²) in [7, 11) is -3.68. The maximum Gasteiger partial charge on any atom is 0.281 e. The molecule has 1 rings (SSSR count). The highest BCUT2D eigenvalue weighted by Gasteiger charge is 2.22. The molecule has 1 heterocycles. The zero-order valence-corrected chi connectivity index (χ0v) is 10.1. The molecule has 1 aromatic rings. The van der Waals surface area contributed by atoms with E-state index >= 15 is 0 Å². The molecule has 0 N–H and O–H groups in total. The van der Waals surface area contributed by atoms with Crippen LogP contribution in [0.3, 0.4) is 0 Å². The largest absolute Gasteiger partial charge is 0.281 e. The van der Waals surface area contributed by atoms with Crippen molar-refractivity contribution in [1.29, 1.82) is 0 Å². The summed E-state index contributed by atoms with van der Waals surface area (Å²) in [4.78, 5) is 3.16. The van der Waals surface area contributed by atoms with Crippen LogP contribution in [-0.2, 0) is 9.84 Å². The Kier molecular flexibility index (Phi) is 3.62.